The summed E-state index contributed by atoms with van der Waals surface area (Å²) in [6, 6.07) is 15.0. The highest BCUT2D eigenvalue weighted by atomic mass is 16.6. The number of rotatable bonds is 0. The van der Waals surface area contributed by atoms with Crippen LogP contribution in [0.2, 0.25) is 0 Å². The first-order chi connectivity index (χ1) is 14.1. The molecule has 0 aliphatic carbocycles. The van der Waals surface area contributed by atoms with Crippen molar-refractivity contribution in [1.82, 2.24) is 0 Å². The third kappa shape index (κ3) is 1.61. The summed E-state index contributed by atoms with van der Waals surface area (Å²) in [5.41, 5.74) is 2.35. The van der Waals surface area contributed by atoms with Gasteiger partial charge in [0.25, 0.3) is 0 Å². The summed E-state index contributed by atoms with van der Waals surface area (Å²) in [5.74, 6) is -1.56. The van der Waals surface area contributed by atoms with Crippen LogP contribution in [0.5, 0.6) is 0 Å². The smallest absolute Gasteiger partial charge is 0.346 e. The molecule has 5 heteroatoms. The van der Waals surface area contributed by atoms with Gasteiger partial charge in [0.15, 0.2) is 0 Å². The first kappa shape index (κ1) is 15.0. The molecule has 5 aromatic rings. The quantitative estimate of drug-likeness (QED) is 0.169. The van der Waals surface area contributed by atoms with Gasteiger partial charge < -0.3 is 9.47 Å². The summed E-state index contributed by atoms with van der Waals surface area (Å²) in [7, 11) is 0. The Morgan fingerprint density at radius 2 is 1.00 bits per heavy atom. The van der Waals surface area contributed by atoms with Gasteiger partial charge in [-0.25, -0.2) is 14.4 Å². The molecule has 0 bridgehead atoms. The summed E-state index contributed by atoms with van der Waals surface area (Å²) in [6.07, 6.45) is 0. The summed E-state index contributed by atoms with van der Waals surface area (Å²) in [6.45, 7) is 0.257. The molecule has 0 unspecified atom stereocenters. The topological polar surface area (TPSA) is 69.7 Å². The Hall–Kier alpha value is -3.99. The predicted molar refractivity (Wildman–Crippen MR) is 107 cm³/mol. The van der Waals surface area contributed by atoms with Crippen LogP contribution in [0.1, 0.15) is 36.6 Å². The first-order valence-electron chi connectivity index (χ1n) is 9.26. The maximum absolute atomic E-state index is 12.3. The van der Waals surface area contributed by atoms with Crippen molar-refractivity contribution in [2.75, 3.05) is 0 Å². The lowest BCUT2D eigenvalue weighted by Gasteiger charge is -2.23. The van der Waals surface area contributed by atoms with Gasteiger partial charge in [-0.3, -0.25) is 0 Å². The number of carbonyl (C=O) groups is 3. The molecule has 0 radical (unpaired) electrons. The highest BCUT2D eigenvalue weighted by molar-refractivity contribution is 6.38. The molecule has 0 N–H and O–H groups in total. The highest BCUT2D eigenvalue weighted by Crippen LogP contribution is 2.45. The average molecular weight is 378 g/mol. The Morgan fingerprint density at radius 1 is 0.517 bits per heavy atom. The number of benzene rings is 5. The standard InChI is InChI=1S/C24H10O5/c25-22-15-6-3-12-14-5-8-17-21-16(23(26)29-24(17)27)7-4-13(20(14)21)11-2-1-10(9-28-22)18(15)19(11)12/h1-8H,9H2. The Morgan fingerprint density at radius 3 is 1.59 bits per heavy atom. The molecule has 2 aliphatic heterocycles. The first-order valence-corrected chi connectivity index (χ1v) is 9.26. The summed E-state index contributed by atoms with van der Waals surface area (Å²) < 4.78 is 10.2. The molecular weight excluding hydrogens is 368 g/mol. The molecule has 0 aromatic heterocycles. The number of carbonyl (C=O) groups excluding carboxylic acids is 3. The van der Waals surface area contributed by atoms with Crippen molar-refractivity contribution < 1.29 is 23.9 Å². The van der Waals surface area contributed by atoms with Crippen LogP contribution in [0.3, 0.4) is 0 Å². The van der Waals surface area contributed by atoms with Gasteiger partial charge in [-0.2, -0.15) is 0 Å². The maximum Gasteiger partial charge on any atom is 0.346 e. The van der Waals surface area contributed by atoms with E-state index in [1.54, 1.807) is 18.2 Å². The van der Waals surface area contributed by atoms with Crippen LogP contribution in [0.4, 0.5) is 0 Å². The lowest BCUT2D eigenvalue weighted by molar-refractivity contribution is 0.0389. The third-order valence-electron chi connectivity index (χ3n) is 6.19. The van der Waals surface area contributed by atoms with E-state index in [0.717, 1.165) is 43.3 Å². The lowest BCUT2D eigenvalue weighted by atomic mass is 9.84. The van der Waals surface area contributed by atoms with Crippen molar-refractivity contribution in [2.24, 2.45) is 0 Å². The molecule has 0 amide bonds. The fraction of sp³-hybridized carbons (Fsp3) is 0.0417. The van der Waals surface area contributed by atoms with Gasteiger partial charge in [0.05, 0.1) is 16.7 Å². The number of ether oxygens (including phenoxy) is 2. The molecule has 0 fully saturated rings. The maximum atomic E-state index is 12.3. The van der Waals surface area contributed by atoms with E-state index < -0.39 is 11.9 Å². The number of cyclic esters (lactones) is 3. The van der Waals surface area contributed by atoms with Gasteiger partial charge in [0.1, 0.15) is 6.61 Å². The van der Waals surface area contributed by atoms with Crippen LogP contribution in [0.25, 0.3) is 43.1 Å². The van der Waals surface area contributed by atoms with Crippen LogP contribution in [0, 0.1) is 0 Å². The van der Waals surface area contributed by atoms with Crippen molar-refractivity contribution in [2.45, 2.75) is 6.61 Å². The van der Waals surface area contributed by atoms with Crippen molar-refractivity contribution >= 4 is 61.0 Å². The molecular formula is C24H10O5. The second-order valence-corrected chi connectivity index (χ2v) is 7.51. The average Bonchev–Trinajstić information content (AvgIpc) is 2.74. The van der Waals surface area contributed by atoms with E-state index in [4.69, 9.17) is 9.47 Å². The number of hydrogen-bond acceptors (Lipinski definition) is 5. The van der Waals surface area contributed by atoms with E-state index in [-0.39, 0.29) is 12.6 Å². The highest BCUT2D eigenvalue weighted by Gasteiger charge is 2.30. The molecule has 0 saturated heterocycles. The molecule has 2 aliphatic rings. The third-order valence-corrected chi connectivity index (χ3v) is 6.19. The van der Waals surface area contributed by atoms with Crippen molar-refractivity contribution in [3.8, 4) is 0 Å². The van der Waals surface area contributed by atoms with E-state index in [1.807, 2.05) is 30.3 Å². The Labute approximate surface area is 162 Å². The van der Waals surface area contributed by atoms with Crippen LogP contribution in [0.15, 0.2) is 48.5 Å². The van der Waals surface area contributed by atoms with Gasteiger partial charge in [-0.05, 0) is 56.1 Å². The van der Waals surface area contributed by atoms with Crippen LogP contribution in [-0.4, -0.2) is 17.9 Å². The molecule has 136 valence electrons. The predicted octanol–water partition coefficient (Wildman–Crippen LogP) is 4.72. The van der Waals surface area contributed by atoms with Gasteiger partial charge >= 0.3 is 17.9 Å². The Kier molecular flexibility index (Phi) is 2.43. The fourth-order valence-corrected chi connectivity index (χ4v) is 5.01. The van der Waals surface area contributed by atoms with E-state index in [9.17, 15) is 14.4 Å². The monoisotopic (exact) mass is 378 g/mol. The molecule has 2 heterocycles. The van der Waals surface area contributed by atoms with Crippen LogP contribution >= 0.6 is 0 Å². The Balaban J connectivity index is 1.82. The van der Waals surface area contributed by atoms with Gasteiger partial charge in [0.2, 0.25) is 0 Å². The largest absolute Gasteiger partial charge is 0.457 e. The van der Waals surface area contributed by atoms with E-state index in [2.05, 4.69) is 0 Å². The van der Waals surface area contributed by atoms with Crippen molar-refractivity contribution in [3.63, 3.8) is 0 Å². The molecule has 0 atom stereocenters. The summed E-state index contributed by atoms with van der Waals surface area (Å²) in [4.78, 5) is 37.0. The number of hydrogen-bond donors (Lipinski definition) is 0. The van der Waals surface area contributed by atoms with Crippen LogP contribution < -0.4 is 0 Å². The van der Waals surface area contributed by atoms with Gasteiger partial charge in [-0.1, -0.05) is 30.3 Å². The molecule has 0 spiro atoms. The minimum atomic E-state index is -0.620. The van der Waals surface area contributed by atoms with Gasteiger partial charge in [-0.15, -0.1) is 0 Å². The summed E-state index contributed by atoms with van der Waals surface area (Å²) in [5, 5.41) is 7.30. The fourth-order valence-electron chi connectivity index (χ4n) is 5.01. The normalized spacial score (nSPS) is 15.5. The van der Waals surface area contributed by atoms with Crippen molar-refractivity contribution in [3.05, 3.63) is 70.8 Å². The molecule has 29 heavy (non-hydrogen) atoms. The zero-order valence-electron chi connectivity index (χ0n) is 14.9. The lowest BCUT2D eigenvalue weighted by Crippen LogP contribution is -2.19. The van der Waals surface area contributed by atoms with Gasteiger partial charge in [0, 0.05) is 10.8 Å². The minimum Gasteiger partial charge on any atom is -0.457 e. The van der Waals surface area contributed by atoms with E-state index in [0.29, 0.717) is 22.1 Å². The van der Waals surface area contributed by atoms with Crippen LogP contribution in [-0.2, 0) is 16.1 Å². The van der Waals surface area contributed by atoms with Crippen molar-refractivity contribution in [1.29, 1.82) is 0 Å². The zero-order chi connectivity index (χ0) is 19.4. The number of esters is 3. The molecule has 5 aromatic carbocycles. The zero-order valence-corrected chi connectivity index (χ0v) is 14.9. The number of fused-ring (bicyclic) bond motifs is 2. The SMILES string of the molecule is O=C1OCc2ccc3c4ccc5c6c(ccc(c7ccc1c2c37)c64)C(=O)OC5=O. The second kappa shape index (κ2) is 4.70. The van der Waals surface area contributed by atoms with E-state index >= 15 is 0 Å². The molecule has 0 saturated carbocycles. The Bertz CT molecular complexity index is 1560. The molecule has 5 nitrogen and oxygen atoms in total. The molecule has 7 rings (SSSR count). The minimum absolute atomic E-state index is 0.257. The summed E-state index contributed by atoms with van der Waals surface area (Å²) >= 11 is 0. The second-order valence-electron chi connectivity index (χ2n) is 7.51. The van der Waals surface area contributed by atoms with E-state index in [1.165, 1.54) is 0 Å².